The molecule has 1 saturated heterocycles. The Bertz CT molecular complexity index is 1050. The molecule has 1 unspecified atom stereocenters. The average Bonchev–Trinajstić information content (AvgIpc) is 3.06. The Balaban J connectivity index is 0.00000300. The molecule has 3 radical (unpaired) electrons. The zero-order valence-electron chi connectivity index (χ0n) is 16.6. The summed E-state index contributed by atoms with van der Waals surface area (Å²) in [6.45, 7) is -0.870. The normalized spacial score (nSPS) is 25.2. The van der Waals surface area contributed by atoms with Crippen LogP contribution in [0, 0.1) is 0 Å². The van der Waals surface area contributed by atoms with Gasteiger partial charge >= 0.3 is 15.6 Å². The van der Waals surface area contributed by atoms with Crippen molar-refractivity contribution in [3.63, 3.8) is 0 Å². The van der Waals surface area contributed by atoms with E-state index < -0.39 is 52.4 Å². The van der Waals surface area contributed by atoms with Gasteiger partial charge in [0.25, 0.3) is 5.56 Å². The van der Waals surface area contributed by atoms with E-state index in [1.54, 1.807) is 0 Å². The quantitative estimate of drug-likeness (QED) is 0.146. The molecule has 0 saturated carbocycles. The molecule has 2 aromatic rings. The van der Waals surface area contributed by atoms with Crippen molar-refractivity contribution in [2.24, 2.45) is 0 Å². The van der Waals surface area contributed by atoms with E-state index >= 15 is 0 Å². The third-order valence-electron chi connectivity index (χ3n) is 3.67. The summed E-state index contributed by atoms with van der Waals surface area (Å²) in [5.74, 6) is -0.233. The number of aromatic amines is 1. The predicted octanol–water partition coefficient (Wildman–Crippen LogP) is -3.60. The summed E-state index contributed by atoms with van der Waals surface area (Å²) in [6.07, 6.45) is -4.88. The fraction of sp³-hybridized carbons (Fsp3) is 0.500. The number of nitrogen functional groups attached to an aromatic ring is 1. The fourth-order valence-electron chi connectivity index (χ4n) is 2.55. The molecule has 159 valence electrons. The number of phosphoric acid groups is 2. The van der Waals surface area contributed by atoms with Crippen molar-refractivity contribution in [2.45, 2.75) is 24.5 Å². The van der Waals surface area contributed by atoms with Gasteiger partial charge in [-0.25, -0.2) is 14.1 Å². The number of aromatic nitrogens is 4. The van der Waals surface area contributed by atoms with Crippen LogP contribution in [0.5, 0.6) is 0 Å². The number of hydrogen-bond acceptors (Lipinski definition) is 11. The number of aliphatic hydroxyl groups excluding tert-OH is 2. The van der Waals surface area contributed by atoms with E-state index in [4.69, 9.17) is 20.3 Å². The maximum absolute atomic E-state index is 11.8. The number of nitrogens with one attached hydrogen (secondary N) is 1. The Labute approximate surface area is 239 Å². The van der Waals surface area contributed by atoms with Gasteiger partial charge in [-0.3, -0.25) is 18.9 Å². The van der Waals surface area contributed by atoms with Crippen LogP contribution in [0.4, 0.5) is 5.95 Å². The Morgan fingerprint density at radius 2 is 1.81 bits per heavy atom. The molecular weight excluding hydrogens is 497 g/mol. The summed E-state index contributed by atoms with van der Waals surface area (Å²) < 4.78 is 36.6. The van der Waals surface area contributed by atoms with Gasteiger partial charge in [0.05, 0.1) is 12.9 Å². The number of nitrogens with two attached hydrogens (primary N) is 1. The zero-order chi connectivity index (χ0) is 20.9. The number of anilines is 1. The minimum Gasteiger partial charge on any atom is -0.387 e. The van der Waals surface area contributed by atoms with Crippen molar-refractivity contribution in [3.8, 4) is 0 Å². The fourth-order valence-corrected chi connectivity index (χ4v) is 4.15. The number of fused-ring (bicyclic) bond motifs is 1. The van der Waals surface area contributed by atoms with E-state index in [9.17, 15) is 29.0 Å². The van der Waals surface area contributed by atoms with Crippen LogP contribution in [0.25, 0.3) is 11.2 Å². The van der Waals surface area contributed by atoms with E-state index in [0.29, 0.717) is 0 Å². The molecule has 0 aliphatic carbocycles. The molecule has 0 bridgehead atoms. The summed E-state index contributed by atoms with van der Waals surface area (Å²) >= 11 is 0. The van der Waals surface area contributed by atoms with Gasteiger partial charge in [0, 0.05) is 88.7 Å². The molecule has 0 aromatic carbocycles. The van der Waals surface area contributed by atoms with Gasteiger partial charge in [-0.1, -0.05) is 0 Å². The van der Waals surface area contributed by atoms with E-state index in [1.165, 1.54) is 0 Å². The third kappa shape index (κ3) is 7.90. The molecule has 3 rings (SSSR count). The second-order valence-corrected chi connectivity index (χ2v) is 8.49. The van der Waals surface area contributed by atoms with Gasteiger partial charge in [0.1, 0.15) is 18.3 Å². The van der Waals surface area contributed by atoms with Crippen LogP contribution < -0.4 is 11.3 Å². The molecule has 2 aromatic heterocycles. The maximum Gasteiger partial charge on any atom is 0.481 e. The van der Waals surface area contributed by atoms with Gasteiger partial charge in [-0.2, -0.15) is 9.29 Å². The van der Waals surface area contributed by atoms with Crippen molar-refractivity contribution in [3.05, 3.63) is 16.7 Å². The minimum absolute atomic E-state index is 0. The predicted molar refractivity (Wildman–Crippen MR) is 105 cm³/mol. The van der Waals surface area contributed by atoms with E-state index in [-0.39, 0.29) is 106 Å². The Kier molecular flexibility index (Phi) is 12.8. The van der Waals surface area contributed by atoms with Crippen LogP contribution in [0.2, 0.25) is 0 Å². The Morgan fingerprint density at radius 3 is 2.39 bits per heavy atom. The Morgan fingerprint density at radius 1 is 1.19 bits per heavy atom. The summed E-state index contributed by atoms with van der Waals surface area (Å²) in [5, 5.41) is 20.3. The van der Waals surface area contributed by atoms with Crippen molar-refractivity contribution >= 4 is 121 Å². The summed E-state index contributed by atoms with van der Waals surface area (Å²) in [7, 11) is -10.5. The number of hydrogen-bond donors (Lipinski definition) is 7. The first-order valence-electron chi connectivity index (χ1n) is 7.36. The second-order valence-electron chi connectivity index (χ2n) is 5.66. The number of aliphatic hydroxyl groups is 2. The first-order valence-corrected chi connectivity index (χ1v) is 10.4. The Hall–Kier alpha value is 1.29. The van der Waals surface area contributed by atoms with Crippen molar-refractivity contribution < 1.29 is 47.6 Å². The second kappa shape index (κ2) is 12.3. The minimum atomic E-state index is -5.32. The monoisotopic (exact) mass is 512 g/mol. The number of H-pyrrole nitrogens is 1. The molecule has 16 nitrogen and oxygen atoms in total. The van der Waals surface area contributed by atoms with Crippen LogP contribution in [0.3, 0.4) is 0 Å². The van der Waals surface area contributed by atoms with E-state index in [1.807, 2.05) is 0 Å². The zero-order valence-corrected chi connectivity index (χ0v) is 24.4. The molecule has 1 aliphatic heterocycles. The maximum atomic E-state index is 11.8. The van der Waals surface area contributed by atoms with Crippen molar-refractivity contribution in [1.29, 1.82) is 0 Å². The van der Waals surface area contributed by atoms with Crippen LogP contribution in [0.1, 0.15) is 6.23 Å². The van der Waals surface area contributed by atoms with Gasteiger partial charge in [-0.05, 0) is 0 Å². The van der Waals surface area contributed by atoms with E-state index in [2.05, 4.69) is 23.8 Å². The first kappa shape index (κ1) is 32.3. The van der Waals surface area contributed by atoms with Crippen molar-refractivity contribution in [1.82, 2.24) is 19.5 Å². The third-order valence-corrected chi connectivity index (χ3v) is 5.83. The van der Waals surface area contributed by atoms with E-state index in [0.717, 1.165) is 10.9 Å². The summed E-state index contributed by atoms with van der Waals surface area (Å²) in [5.41, 5.74) is 4.65. The van der Waals surface area contributed by atoms with Crippen LogP contribution in [-0.2, 0) is 22.7 Å². The number of nitrogens with zero attached hydrogens (tertiary/aromatic N) is 3. The molecule has 8 N–H and O–H groups in total. The van der Waals surface area contributed by atoms with Gasteiger partial charge in [0.15, 0.2) is 17.4 Å². The topological polar surface area (TPSA) is 253 Å². The molecule has 1 aliphatic rings. The van der Waals surface area contributed by atoms with Crippen LogP contribution >= 0.6 is 15.6 Å². The molecule has 3 heterocycles. The number of ether oxygens (including phenoxy) is 1. The molecule has 0 amide bonds. The number of phosphoric ester groups is 1. The molecule has 21 heteroatoms. The van der Waals surface area contributed by atoms with Gasteiger partial charge in [-0.15, -0.1) is 0 Å². The SMILES string of the molecule is Nc1nc2c(ncn2[C@@H]2O[C@H](COP(=O)(O)OP(=O)(O)O)[C@@H](O)[C@H]2O)c(=O)[nH]1.[Na].[Na].[Na]. The molecular formula is C10H15N5Na3O11P2. The summed E-state index contributed by atoms with van der Waals surface area (Å²) in [6, 6.07) is 0. The largest absolute Gasteiger partial charge is 0.481 e. The standard InChI is InChI=1S/C10H15N5O11P2.3Na/c11-10-13-7-4(8(18)14-10)12-2-15(7)9-6(17)5(16)3(25-9)1-24-28(22,23)26-27(19,20)21;;;/h2-3,5-6,9,16-17H,1H2,(H,22,23)(H2,19,20,21)(H3,11,13,14,18);;;/t3-,5-,6-,9-;;;/m1.../s1. The smallest absolute Gasteiger partial charge is 0.387 e. The molecule has 1 fully saturated rings. The molecule has 31 heavy (non-hydrogen) atoms. The average molecular weight is 512 g/mol. The van der Waals surface area contributed by atoms with Gasteiger partial charge < -0.3 is 35.4 Å². The number of rotatable bonds is 6. The molecule has 0 spiro atoms. The van der Waals surface area contributed by atoms with Gasteiger partial charge in [0.2, 0.25) is 5.95 Å². The summed E-state index contributed by atoms with van der Waals surface area (Å²) in [4.78, 5) is 48.1. The first-order chi connectivity index (χ1) is 12.9. The van der Waals surface area contributed by atoms with Crippen molar-refractivity contribution in [2.75, 3.05) is 12.3 Å². The number of imidazole rings is 1. The molecule has 5 atom stereocenters. The van der Waals surface area contributed by atoms with Crippen LogP contribution in [0.15, 0.2) is 11.1 Å². The van der Waals surface area contributed by atoms with Crippen LogP contribution in [-0.4, -0.2) is 158 Å².